The topological polar surface area (TPSA) is 59.3 Å². The highest BCUT2D eigenvalue weighted by Crippen LogP contribution is 2.19. The van der Waals surface area contributed by atoms with Gasteiger partial charge in [0.25, 0.3) is 0 Å². The van der Waals surface area contributed by atoms with Crippen molar-refractivity contribution in [1.82, 2.24) is 0 Å². The van der Waals surface area contributed by atoms with Crippen molar-refractivity contribution in [2.45, 2.75) is 20.3 Å². The second kappa shape index (κ2) is 7.28. The van der Waals surface area contributed by atoms with E-state index in [0.29, 0.717) is 11.3 Å². The van der Waals surface area contributed by atoms with Crippen LogP contribution in [0.2, 0.25) is 0 Å². The van der Waals surface area contributed by atoms with E-state index in [4.69, 9.17) is 14.7 Å². The van der Waals surface area contributed by atoms with Crippen molar-refractivity contribution in [3.63, 3.8) is 0 Å². The summed E-state index contributed by atoms with van der Waals surface area (Å²) in [6, 6.07) is 14.4. The van der Waals surface area contributed by atoms with E-state index in [0.717, 1.165) is 11.3 Å². The molecule has 0 saturated heterocycles. The number of carbonyl (C=O) groups is 1. The largest absolute Gasteiger partial charge is 0.493 e. The van der Waals surface area contributed by atoms with E-state index in [1.165, 1.54) is 11.6 Å². The van der Waals surface area contributed by atoms with Crippen LogP contribution in [0.1, 0.15) is 23.1 Å². The zero-order valence-corrected chi connectivity index (χ0v) is 12.6. The zero-order valence-electron chi connectivity index (χ0n) is 12.6. The molecule has 0 spiro atoms. The number of rotatable bonds is 5. The lowest BCUT2D eigenvalue weighted by atomic mass is 10.1. The fourth-order valence-corrected chi connectivity index (χ4v) is 2.02. The molecule has 4 heteroatoms. The van der Waals surface area contributed by atoms with Crippen molar-refractivity contribution in [2.24, 2.45) is 0 Å². The van der Waals surface area contributed by atoms with Crippen molar-refractivity contribution < 1.29 is 14.3 Å². The van der Waals surface area contributed by atoms with Crippen molar-refractivity contribution in [3.8, 4) is 17.6 Å². The van der Waals surface area contributed by atoms with Crippen LogP contribution in [-0.2, 0) is 4.79 Å². The molecule has 0 aromatic heterocycles. The van der Waals surface area contributed by atoms with Gasteiger partial charge in [-0.2, -0.15) is 5.26 Å². The van der Waals surface area contributed by atoms with Gasteiger partial charge in [-0.25, -0.2) is 0 Å². The molecule has 0 saturated carbocycles. The van der Waals surface area contributed by atoms with Crippen LogP contribution in [0.3, 0.4) is 0 Å². The van der Waals surface area contributed by atoms with Gasteiger partial charge < -0.3 is 9.47 Å². The molecule has 0 radical (unpaired) electrons. The number of carbonyl (C=O) groups excluding carboxylic acids is 1. The van der Waals surface area contributed by atoms with Crippen molar-refractivity contribution in [1.29, 1.82) is 5.26 Å². The van der Waals surface area contributed by atoms with Crippen molar-refractivity contribution in [2.75, 3.05) is 6.61 Å². The molecule has 0 aliphatic heterocycles. The fourth-order valence-electron chi connectivity index (χ4n) is 2.02. The molecule has 0 fully saturated rings. The Balaban J connectivity index is 1.84. The molecule has 0 N–H and O–H groups in total. The Labute approximate surface area is 129 Å². The molecule has 0 aliphatic carbocycles. The van der Waals surface area contributed by atoms with Crippen LogP contribution in [0, 0.1) is 25.2 Å². The van der Waals surface area contributed by atoms with Crippen LogP contribution < -0.4 is 9.47 Å². The molecular formula is C18H17NO3. The molecular weight excluding hydrogens is 278 g/mol. The van der Waals surface area contributed by atoms with Gasteiger partial charge >= 0.3 is 5.97 Å². The van der Waals surface area contributed by atoms with Gasteiger partial charge in [-0.3, -0.25) is 4.79 Å². The Morgan fingerprint density at radius 2 is 2.00 bits per heavy atom. The smallest absolute Gasteiger partial charge is 0.314 e. The molecule has 2 aromatic carbocycles. The first-order chi connectivity index (χ1) is 10.6. The summed E-state index contributed by atoms with van der Waals surface area (Å²) in [7, 11) is 0. The predicted octanol–water partition coefficient (Wildman–Crippen LogP) is 3.55. The standard InChI is InChI=1S/C18H17NO3/c1-13-6-7-17(14(2)10-13)21-9-8-18(20)22-16-5-3-4-15(11-16)12-19/h3-7,10-11H,8-9H2,1-2H3. The Morgan fingerprint density at radius 1 is 1.18 bits per heavy atom. The summed E-state index contributed by atoms with van der Waals surface area (Å²) in [5, 5.41) is 8.80. The van der Waals surface area contributed by atoms with E-state index in [-0.39, 0.29) is 19.0 Å². The minimum Gasteiger partial charge on any atom is -0.493 e. The molecule has 4 nitrogen and oxygen atoms in total. The highest BCUT2D eigenvalue weighted by atomic mass is 16.5. The maximum Gasteiger partial charge on any atom is 0.314 e. The monoisotopic (exact) mass is 295 g/mol. The number of nitriles is 1. The number of aryl methyl sites for hydroxylation is 2. The van der Waals surface area contributed by atoms with Gasteiger partial charge in [0, 0.05) is 0 Å². The number of benzene rings is 2. The van der Waals surface area contributed by atoms with E-state index in [1.807, 2.05) is 38.1 Å². The van der Waals surface area contributed by atoms with Crippen molar-refractivity contribution >= 4 is 5.97 Å². The lowest BCUT2D eigenvalue weighted by Crippen LogP contribution is -2.13. The van der Waals surface area contributed by atoms with E-state index in [2.05, 4.69) is 0 Å². The van der Waals surface area contributed by atoms with Gasteiger partial charge in [-0.15, -0.1) is 0 Å². The zero-order chi connectivity index (χ0) is 15.9. The Hall–Kier alpha value is -2.80. The van der Waals surface area contributed by atoms with Crippen LogP contribution in [-0.4, -0.2) is 12.6 Å². The van der Waals surface area contributed by atoms with E-state index >= 15 is 0 Å². The summed E-state index contributed by atoms with van der Waals surface area (Å²) < 4.78 is 10.8. The normalized spacial score (nSPS) is 9.86. The van der Waals surface area contributed by atoms with Gasteiger partial charge in [-0.1, -0.05) is 23.8 Å². The first kappa shape index (κ1) is 15.6. The first-order valence-electron chi connectivity index (χ1n) is 6.99. The van der Waals surface area contributed by atoms with Crippen LogP contribution in [0.15, 0.2) is 42.5 Å². The van der Waals surface area contributed by atoms with Crippen LogP contribution in [0.5, 0.6) is 11.5 Å². The van der Waals surface area contributed by atoms with Gasteiger partial charge in [0.1, 0.15) is 11.5 Å². The maximum absolute atomic E-state index is 11.8. The molecule has 0 aliphatic rings. The van der Waals surface area contributed by atoms with Gasteiger partial charge in [0.15, 0.2) is 0 Å². The first-order valence-corrected chi connectivity index (χ1v) is 6.99. The number of nitrogens with zero attached hydrogens (tertiary/aromatic N) is 1. The molecule has 0 heterocycles. The summed E-state index contributed by atoms with van der Waals surface area (Å²) in [6.45, 7) is 4.23. The molecule has 112 valence electrons. The summed E-state index contributed by atoms with van der Waals surface area (Å²) in [5.41, 5.74) is 2.66. The minimum absolute atomic E-state index is 0.143. The average Bonchev–Trinajstić information content (AvgIpc) is 2.49. The molecule has 22 heavy (non-hydrogen) atoms. The molecule has 0 unspecified atom stereocenters. The van der Waals surface area contributed by atoms with Crippen LogP contribution in [0.4, 0.5) is 0 Å². The second-order valence-corrected chi connectivity index (χ2v) is 4.98. The summed E-state index contributed by atoms with van der Waals surface area (Å²) in [6.07, 6.45) is 0.143. The molecule has 2 rings (SSSR count). The lowest BCUT2D eigenvalue weighted by Gasteiger charge is -2.09. The molecule has 0 amide bonds. The molecule has 2 aromatic rings. The summed E-state index contributed by atoms with van der Waals surface area (Å²) in [5.74, 6) is 0.750. The van der Waals surface area contributed by atoms with Gasteiger partial charge in [0.2, 0.25) is 0 Å². The SMILES string of the molecule is Cc1ccc(OCCC(=O)Oc2cccc(C#N)c2)c(C)c1. The van der Waals surface area contributed by atoms with Crippen LogP contribution in [0.25, 0.3) is 0 Å². The third-order valence-electron chi connectivity index (χ3n) is 3.09. The highest BCUT2D eigenvalue weighted by Gasteiger charge is 2.07. The van der Waals surface area contributed by atoms with Crippen LogP contribution >= 0.6 is 0 Å². The summed E-state index contributed by atoms with van der Waals surface area (Å²) >= 11 is 0. The van der Waals surface area contributed by atoms with E-state index < -0.39 is 0 Å². The maximum atomic E-state index is 11.8. The number of ether oxygens (including phenoxy) is 2. The fraction of sp³-hybridized carbons (Fsp3) is 0.222. The lowest BCUT2D eigenvalue weighted by molar-refractivity contribution is -0.134. The average molecular weight is 295 g/mol. The Morgan fingerprint density at radius 3 is 2.73 bits per heavy atom. The number of hydrogen-bond donors (Lipinski definition) is 0. The predicted molar refractivity (Wildman–Crippen MR) is 82.8 cm³/mol. The Kier molecular flexibility index (Phi) is 5.16. The van der Waals surface area contributed by atoms with E-state index in [9.17, 15) is 4.79 Å². The van der Waals surface area contributed by atoms with Gasteiger partial charge in [0.05, 0.1) is 24.7 Å². The highest BCUT2D eigenvalue weighted by molar-refractivity contribution is 5.72. The number of hydrogen-bond acceptors (Lipinski definition) is 4. The number of esters is 1. The minimum atomic E-state index is -0.389. The second-order valence-electron chi connectivity index (χ2n) is 4.98. The third-order valence-corrected chi connectivity index (χ3v) is 3.09. The van der Waals surface area contributed by atoms with Crippen molar-refractivity contribution in [3.05, 3.63) is 59.2 Å². The van der Waals surface area contributed by atoms with Gasteiger partial charge in [-0.05, 0) is 43.7 Å². The summed E-state index contributed by atoms with van der Waals surface area (Å²) in [4.78, 5) is 11.8. The quantitative estimate of drug-likeness (QED) is 0.625. The van der Waals surface area contributed by atoms with E-state index in [1.54, 1.807) is 18.2 Å². The Bertz CT molecular complexity index is 717. The molecule has 0 atom stereocenters. The molecule has 0 bridgehead atoms. The third kappa shape index (κ3) is 4.35.